The van der Waals surface area contributed by atoms with Gasteiger partial charge in [-0.2, -0.15) is 5.10 Å². The highest BCUT2D eigenvalue weighted by atomic mass is 16.3. The summed E-state index contributed by atoms with van der Waals surface area (Å²) in [5.74, 6) is -0.139. The van der Waals surface area contributed by atoms with Crippen molar-refractivity contribution in [2.45, 2.75) is 47.1 Å². The smallest absolute Gasteiger partial charge is 0.253 e. The Hall–Kier alpha value is -1.95. The molecule has 0 saturated heterocycles. The SMILES string of the molecule is Cc1nc2c(cnn2C(C)C)cc1C(=O)NCC(C)(C)CCO. The van der Waals surface area contributed by atoms with Gasteiger partial charge < -0.3 is 10.4 Å². The second-order valence-electron chi connectivity index (χ2n) is 7.04. The largest absolute Gasteiger partial charge is 0.396 e. The Labute approximate surface area is 136 Å². The van der Waals surface area contributed by atoms with Crippen molar-refractivity contribution in [3.8, 4) is 0 Å². The number of aliphatic hydroxyl groups is 1. The number of aromatic nitrogens is 3. The highest BCUT2D eigenvalue weighted by Gasteiger charge is 2.20. The fraction of sp³-hybridized carbons (Fsp3) is 0.588. The van der Waals surface area contributed by atoms with E-state index in [1.807, 2.05) is 45.4 Å². The molecule has 0 radical (unpaired) electrons. The van der Waals surface area contributed by atoms with Gasteiger partial charge in [-0.15, -0.1) is 0 Å². The zero-order valence-electron chi connectivity index (χ0n) is 14.6. The van der Waals surface area contributed by atoms with E-state index in [9.17, 15) is 4.79 Å². The molecular formula is C17H26N4O2. The number of carbonyl (C=O) groups is 1. The molecule has 0 unspecified atom stereocenters. The Morgan fingerprint density at radius 3 is 2.74 bits per heavy atom. The summed E-state index contributed by atoms with van der Waals surface area (Å²) >= 11 is 0. The third-order valence-electron chi connectivity index (χ3n) is 4.01. The number of aryl methyl sites for hydroxylation is 1. The number of pyridine rings is 1. The molecule has 0 saturated carbocycles. The third-order valence-corrected chi connectivity index (χ3v) is 4.01. The first-order valence-electron chi connectivity index (χ1n) is 7.99. The highest BCUT2D eigenvalue weighted by Crippen LogP contribution is 2.21. The quantitative estimate of drug-likeness (QED) is 0.857. The number of rotatable bonds is 6. The lowest BCUT2D eigenvalue weighted by molar-refractivity contribution is 0.0927. The van der Waals surface area contributed by atoms with E-state index in [0.717, 1.165) is 11.0 Å². The van der Waals surface area contributed by atoms with Crippen LogP contribution in [0.1, 0.15) is 56.2 Å². The predicted molar refractivity (Wildman–Crippen MR) is 90.5 cm³/mol. The summed E-state index contributed by atoms with van der Waals surface area (Å²) in [6.45, 7) is 10.6. The van der Waals surface area contributed by atoms with Crippen LogP contribution < -0.4 is 5.32 Å². The van der Waals surface area contributed by atoms with Gasteiger partial charge in [0, 0.05) is 24.6 Å². The van der Waals surface area contributed by atoms with Gasteiger partial charge in [0.25, 0.3) is 5.91 Å². The van der Waals surface area contributed by atoms with Gasteiger partial charge in [-0.25, -0.2) is 9.67 Å². The van der Waals surface area contributed by atoms with Gasteiger partial charge in [0.2, 0.25) is 0 Å². The van der Waals surface area contributed by atoms with Gasteiger partial charge >= 0.3 is 0 Å². The number of nitrogens with zero attached hydrogens (tertiary/aromatic N) is 3. The summed E-state index contributed by atoms with van der Waals surface area (Å²) < 4.78 is 1.86. The van der Waals surface area contributed by atoms with Crippen molar-refractivity contribution in [3.63, 3.8) is 0 Å². The molecular weight excluding hydrogens is 292 g/mol. The van der Waals surface area contributed by atoms with E-state index < -0.39 is 0 Å². The first-order valence-corrected chi connectivity index (χ1v) is 7.99. The minimum atomic E-state index is -0.141. The van der Waals surface area contributed by atoms with Gasteiger partial charge in [0.15, 0.2) is 5.65 Å². The number of aliphatic hydroxyl groups excluding tert-OH is 1. The van der Waals surface area contributed by atoms with Crippen LogP contribution in [0.3, 0.4) is 0 Å². The molecule has 6 nitrogen and oxygen atoms in total. The maximum Gasteiger partial charge on any atom is 0.253 e. The number of hydrogen-bond donors (Lipinski definition) is 2. The van der Waals surface area contributed by atoms with Crippen LogP contribution >= 0.6 is 0 Å². The zero-order chi connectivity index (χ0) is 17.2. The van der Waals surface area contributed by atoms with Crippen LogP contribution in [-0.2, 0) is 0 Å². The maximum atomic E-state index is 12.5. The van der Waals surface area contributed by atoms with Crippen LogP contribution in [0.2, 0.25) is 0 Å². The van der Waals surface area contributed by atoms with Crippen LogP contribution in [0.5, 0.6) is 0 Å². The van der Waals surface area contributed by atoms with E-state index in [1.54, 1.807) is 6.20 Å². The van der Waals surface area contributed by atoms with E-state index in [1.165, 1.54) is 0 Å². The van der Waals surface area contributed by atoms with Crippen molar-refractivity contribution in [1.29, 1.82) is 0 Å². The highest BCUT2D eigenvalue weighted by molar-refractivity contribution is 5.98. The monoisotopic (exact) mass is 318 g/mol. The lowest BCUT2D eigenvalue weighted by Gasteiger charge is -2.24. The van der Waals surface area contributed by atoms with Gasteiger partial charge in [-0.1, -0.05) is 13.8 Å². The molecule has 0 spiro atoms. The van der Waals surface area contributed by atoms with Crippen LogP contribution in [-0.4, -0.2) is 38.9 Å². The average Bonchev–Trinajstić information content (AvgIpc) is 2.86. The zero-order valence-corrected chi connectivity index (χ0v) is 14.6. The van der Waals surface area contributed by atoms with Crippen LogP contribution in [0, 0.1) is 12.3 Å². The van der Waals surface area contributed by atoms with E-state index in [2.05, 4.69) is 15.4 Å². The van der Waals surface area contributed by atoms with Gasteiger partial charge in [-0.3, -0.25) is 4.79 Å². The van der Waals surface area contributed by atoms with E-state index in [-0.39, 0.29) is 24.0 Å². The fourth-order valence-electron chi connectivity index (χ4n) is 2.48. The van der Waals surface area contributed by atoms with Crippen LogP contribution in [0.25, 0.3) is 11.0 Å². The second-order valence-corrected chi connectivity index (χ2v) is 7.04. The van der Waals surface area contributed by atoms with Crippen LogP contribution in [0.4, 0.5) is 0 Å². The predicted octanol–water partition coefficient (Wildman–Crippen LogP) is 2.46. The molecule has 0 atom stereocenters. The first-order chi connectivity index (χ1) is 10.7. The Bertz CT molecular complexity index is 704. The van der Waals surface area contributed by atoms with Crippen molar-refractivity contribution in [2.75, 3.05) is 13.2 Å². The van der Waals surface area contributed by atoms with Gasteiger partial charge in [0.1, 0.15) is 0 Å². The van der Waals surface area contributed by atoms with Gasteiger partial charge in [0.05, 0.1) is 17.5 Å². The standard InChI is InChI=1S/C17H26N4O2/c1-11(2)21-15-13(9-19-21)8-14(12(3)20-15)16(23)18-10-17(4,5)6-7-22/h8-9,11,22H,6-7,10H2,1-5H3,(H,18,23). The molecule has 0 fully saturated rings. The average molecular weight is 318 g/mol. The number of fused-ring (bicyclic) bond motifs is 1. The van der Waals surface area contributed by atoms with Crippen LogP contribution in [0.15, 0.2) is 12.3 Å². The van der Waals surface area contributed by atoms with Crippen molar-refractivity contribution < 1.29 is 9.90 Å². The molecule has 1 amide bonds. The molecule has 6 heteroatoms. The van der Waals surface area contributed by atoms with E-state index in [0.29, 0.717) is 24.2 Å². The lowest BCUT2D eigenvalue weighted by atomic mass is 9.89. The third kappa shape index (κ3) is 3.88. The normalized spacial score (nSPS) is 12.1. The lowest BCUT2D eigenvalue weighted by Crippen LogP contribution is -2.35. The topological polar surface area (TPSA) is 80.0 Å². The minimum absolute atomic E-state index is 0.115. The number of hydrogen-bond acceptors (Lipinski definition) is 4. The molecule has 0 aliphatic carbocycles. The summed E-state index contributed by atoms with van der Waals surface area (Å²) in [7, 11) is 0. The van der Waals surface area contributed by atoms with Crippen molar-refractivity contribution in [2.24, 2.45) is 5.41 Å². The Morgan fingerprint density at radius 2 is 2.13 bits per heavy atom. The van der Waals surface area contributed by atoms with Gasteiger partial charge in [-0.05, 0) is 38.7 Å². The molecule has 0 aromatic carbocycles. The summed E-state index contributed by atoms with van der Waals surface area (Å²) in [6, 6.07) is 2.07. The molecule has 2 rings (SSSR count). The summed E-state index contributed by atoms with van der Waals surface area (Å²) in [5, 5.41) is 17.2. The van der Waals surface area contributed by atoms with E-state index in [4.69, 9.17) is 5.11 Å². The molecule has 126 valence electrons. The summed E-state index contributed by atoms with van der Waals surface area (Å²) in [4.78, 5) is 17.0. The molecule has 2 aromatic rings. The molecule has 2 heterocycles. The Kier molecular flexibility index (Phi) is 5.04. The molecule has 0 bridgehead atoms. The maximum absolute atomic E-state index is 12.5. The number of carbonyl (C=O) groups excluding carboxylic acids is 1. The van der Waals surface area contributed by atoms with E-state index >= 15 is 0 Å². The molecule has 2 aromatic heterocycles. The summed E-state index contributed by atoms with van der Waals surface area (Å²) in [6.07, 6.45) is 2.39. The fourth-order valence-corrected chi connectivity index (χ4v) is 2.48. The van der Waals surface area contributed by atoms with Crippen molar-refractivity contribution >= 4 is 16.9 Å². The van der Waals surface area contributed by atoms with Crippen molar-refractivity contribution in [3.05, 3.63) is 23.5 Å². The summed E-state index contributed by atoms with van der Waals surface area (Å²) in [5.41, 5.74) is 1.92. The molecule has 0 aliphatic heterocycles. The first kappa shape index (κ1) is 17.4. The molecule has 23 heavy (non-hydrogen) atoms. The second kappa shape index (κ2) is 6.66. The van der Waals surface area contributed by atoms with Crippen molar-refractivity contribution in [1.82, 2.24) is 20.1 Å². The molecule has 0 aliphatic rings. The number of amides is 1. The number of nitrogens with one attached hydrogen (secondary N) is 1. The Morgan fingerprint density at radius 1 is 1.43 bits per heavy atom. The molecule has 2 N–H and O–H groups in total. The Balaban J connectivity index is 2.23. The minimum Gasteiger partial charge on any atom is -0.396 e.